The van der Waals surface area contributed by atoms with Gasteiger partial charge in [0.25, 0.3) is 0 Å². The van der Waals surface area contributed by atoms with Gasteiger partial charge in [0.1, 0.15) is 13.2 Å². The van der Waals surface area contributed by atoms with Crippen LogP contribution >= 0.6 is 0 Å². The summed E-state index contributed by atoms with van der Waals surface area (Å²) in [5, 5.41) is 5.56. The summed E-state index contributed by atoms with van der Waals surface area (Å²) < 4.78 is 5.03. The van der Waals surface area contributed by atoms with Crippen LogP contribution in [0.5, 0.6) is 0 Å². The average molecular weight is 320 g/mol. The van der Waals surface area contributed by atoms with Gasteiger partial charge in [0.05, 0.1) is 6.54 Å². The van der Waals surface area contributed by atoms with Crippen LogP contribution in [0.3, 0.4) is 0 Å². The van der Waals surface area contributed by atoms with Gasteiger partial charge < -0.3 is 15.4 Å². The standard InChI is InChI=1S/C16H24N4O3/c21-14(11-13-5-2-1-3-6-13)20-12-15(22)23-10-9-19-16-17-7-4-8-18-16/h4,7-8,13H,1-3,5-6,9-12H2,(H,20,21)(H,17,18,19). The van der Waals surface area contributed by atoms with Gasteiger partial charge in [0, 0.05) is 18.8 Å². The van der Waals surface area contributed by atoms with Crippen LogP contribution in [-0.2, 0) is 14.3 Å². The minimum atomic E-state index is -0.433. The fraction of sp³-hybridized carbons (Fsp3) is 0.625. The maximum absolute atomic E-state index is 11.8. The monoisotopic (exact) mass is 320 g/mol. The molecule has 1 amide bonds. The maximum atomic E-state index is 11.8. The van der Waals surface area contributed by atoms with Crippen LogP contribution < -0.4 is 10.6 Å². The first-order valence-electron chi connectivity index (χ1n) is 8.17. The van der Waals surface area contributed by atoms with Crippen LogP contribution in [0.1, 0.15) is 38.5 Å². The summed E-state index contributed by atoms with van der Waals surface area (Å²) in [6, 6.07) is 1.72. The van der Waals surface area contributed by atoms with E-state index in [0.29, 0.717) is 24.8 Å². The van der Waals surface area contributed by atoms with E-state index in [1.165, 1.54) is 19.3 Å². The molecule has 7 nitrogen and oxygen atoms in total. The van der Waals surface area contributed by atoms with Gasteiger partial charge in [-0.25, -0.2) is 9.97 Å². The highest BCUT2D eigenvalue weighted by atomic mass is 16.5. The van der Waals surface area contributed by atoms with Crippen LogP contribution in [0, 0.1) is 5.92 Å². The third-order valence-corrected chi connectivity index (χ3v) is 3.84. The molecule has 0 aromatic carbocycles. The van der Waals surface area contributed by atoms with E-state index < -0.39 is 5.97 Å². The second kappa shape index (κ2) is 9.76. The molecule has 2 N–H and O–H groups in total. The number of esters is 1. The topological polar surface area (TPSA) is 93.2 Å². The number of carbonyl (C=O) groups excluding carboxylic acids is 2. The first-order valence-corrected chi connectivity index (χ1v) is 8.17. The van der Waals surface area contributed by atoms with Gasteiger partial charge in [-0.1, -0.05) is 19.3 Å². The Morgan fingerprint density at radius 1 is 1.17 bits per heavy atom. The summed E-state index contributed by atoms with van der Waals surface area (Å²) in [5.41, 5.74) is 0. The highest BCUT2D eigenvalue weighted by molar-refractivity contribution is 5.82. The molecule has 0 unspecified atom stereocenters. The molecule has 2 rings (SSSR count). The summed E-state index contributed by atoms with van der Waals surface area (Å²) in [5.74, 6) is 0.460. The first kappa shape index (κ1) is 17.2. The number of amides is 1. The molecule has 0 spiro atoms. The third-order valence-electron chi connectivity index (χ3n) is 3.84. The third kappa shape index (κ3) is 7.08. The van der Waals surface area contributed by atoms with E-state index in [2.05, 4.69) is 20.6 Å². The molecule has 0 aliphatic heterocycles. The number of rotatable bonds is 8. The van der Waals surface area contributed by atoms with Crippen LogP contribution in [0.4, 0.5) is 5.95 Å². The van der Waals surface area contributed by atoms with Crippen molar-refractivity contribution in [3.8, 4) is 0 Å². The lowest BCUT2D eigenvalue weighted by atomic mass is 9.87. The molecular weight excluding hydrogens is 296 g/mol. The summed E-state index contributed by atoms with van der Waals surface area (Å²) >= 11 is 0. The molecule has 0 bridgehead atoms. The van der Waals surface area contributed by atoms with Crippen LogP contribution in [0.25, 0.3) is 0 Å². The van der Waals surface area contributed by atoms with Gasteiger partial charge in [-0.15, -0.1) is 0 Å². The van der Waals surface area contributed by atoms with Gasteiger partial charge in [-0.3, -0.25) is 9.59 Å². The predicted octanol–water partition coefficient (Wildman–Crippen LogP) is 1.52. The van der Waals surface area contributed by atoms with Crippen molar-refractivity contribution in [1.29, 1.82) is 0 Å². The lowest BCUT2D eigenvalue weighted by Crippen LogP contribution is -2.32. The van der Waals surface area contributed by atoms with Crippen molar-refractivity contribution in [2.45, 2.75) is 38.5 Å². The largest absolute Gasteiger partial charge is 0.463 e. The molecule has 1 saturated carbocycles. The lowest BCUT2D eigenvalue weighted by Gasteiger charge is -2.20. The summed E-state index contributed by atoms with van der Waals surface area (Å²) in [6.07, 6.45) is 9.69. The zero-order valence-electron chi connectivity index (χ0n) is 13.3. The maximum Gasteiger partial charge on any atom is 0.325 e. The fourth-order valence-corrected chi connectivity index (χ4v) is 2.67. The molecule has 1 heterocycles. The van der Waals surface area contributed by atoms with Gasteiger partial charge in [0.15, 0.2) is 0 Å². The number of anilines is 1. The van der Waals surface area contributed by atoms with Gasteiger partial charge in [-0.2, -0.15) is 0 Å². The van der Waals surface area contributed by atoms with Crippen LogP contribution in [-0.4, -0.2) is 41.5 Å². The molecule has 1 aromatic rings. The number of aromatic nitrogens is 2. The molecule has 1 fully saturated rings. The van der Waals surface area contributed by atoms with Crippen molar-refractivity contribution < 1.29 is 14.3 Å². The van der Waals surface area contributed by atoms with E-state index in [1.807, 2.05) is 0 Å². The number of carbonyl (C=O) groups is 2. The molecular formula is C16H24N4O3. The van der Waals surface area contributed by atoms with Crippen LogP contribution in [0.15, 0.2) is 18.5 Å². The van der Waals surface area contributed by atoms with Crippen molar-refractivity contribution in [2.75, 3.05) is 25.0 Å². The highest BCUT2D eigenvalue weighted by Gasteiger charge is 2.17. The second-order valence-corrected chi connectivity index (χ2v) is 5.70. The van der Waals surface area contributed by atoms with E-state index in [0.717, 1.165) is 12.8 Å². The normalized spacial score (nSPS) is 15.0. The molecule has 126 valence electrons. The van der Waals surface area contributed by atoms with Crippen LogP contribution in [0.2, 0.25) is 0 Å². The predicted molar refractivity (Wildman–Crippen MR) is 85.7 cm³/mol. The van der Waals surface area contributed by atoms with Crippen molar-refractivity contribution >= 4 is 17.8 Å². The Bertz CT molecular complexity index is 489. The molecule has 0 radical (unpaired) electrons. The zero-order valence-corrected chi connectivity index (χ0v) is 13.3. The highest BCUT2D eigenvalue weighted by Crippen LogP contribution is 2.25. The summed E-state index contributed by atoms with van der Waals surface area (Å²) in [6.45, 7) is 0.550. The Morgan fingerprint density at radius 3 is 2.65 bits per heavy atom. The molecule has 0 atom stereocenters. The molecule has 1 aliphatic rings. The van der Waals surface area contributed by atoms with Gasteiger partial charge in [-0.05, 0) is 24.8 Å². The number of nitrogens with zero attached hydrogens (tertiary/aromatic N) is 2. The fourth-order valence-electron chi connectivity index (χ4n) is 2.67. The Balaban J connectivity index is 1.51. The molecule has 1 aromatic heterocycles. The van der Waals surface area contributed by atoms with Crippen molar-refractivity contribution in [1.82, 2.24) is 15.3 Å². The van der Waals surface area contributed by atoms with Crippen molar-refractivity contribution in [3.05, 3.63) is 18.5 Å². The number of ether oxygens (including phenoxy) is 1. The summed E-state index contributed by atoms with van der Waals surface area (Å²) in [4.78, 5) is 31.3. The number of hydrogen-bond acceptors (Lipinski definition) is 6. The number of hydrogen-bond donors (Lipinski definition) is 2. The molecule has 0 saturated heterocycles. The Labute approximate surface area is 136 Å². The van der Waals surface area contributed by atoms with E-state index in [-0.39, 0.29) is 19.1 Å². The number of nitrogens with one attached hydrogen (secondary N) is 2. The quantitative estimate of drug-likeness (QED) is 0.557. The minimum absolute atomic E-state index is 0.0651. The molecule has 7 heteroatoms. The van der Waals surface area contributed by atoms with Crippen molar-refractivity contribution in [3.63, 3.8) is 0 Å². The molecule has 23 heavy (non-hydrogen) atoms. The second-order valence-electron chi connectivity index (χ2n) is 5.70. The average Bonchev–Trinajstić information content (AvgIpc) is 2.59. The minimum Gasteiger partial charge on any atom is -0.463 e. The SMILES string of the molecule is O=C(CC1CCCCC1)NCC(=O)OCCNc1ncccn1. The smallest absolute Gasteiger partial charge is 0.325 e. The Morgan fingerprint density at radius 2 is 1.91 bits per heavy atom. The van der Waals surface area contributed by atoms with E-state index in [4.69, 9.17) is 4.74 Å². The lowest BCUT2D eigenvalue weighted by molar-refractivity contribution is -0.143. The van der Waals surface area contributed by atoms with E-state index >= 15 is 0 Å². The Hall–Kier alpha value is -2.18. The van der Waals surface area contributed by atoms with E-state index in [1.54, 1.807) is 18.5 Å². The van der Waals surface area contributed by atoms with Gasteiger partial charge >= 0.3 is 5.97 Å². The Kier molecular flexibility index (Phi) is 7.29. The first-order chi connectivity index (χ1) is 11.2. The van der Waals surface area contributed by atoms with Crippen molar-refractivity contribution in [2.24, 2.45) is 5.92 Å². The zero-order chi connectivity index (χ0) is 16.3. The van der Waals surface area contributed by atoms with Gasteiger partial charge in [0.2, 0.25) is 11.9 Å². The van der Waals surface area contributed by atoms with E-state index in [9.17, 15) is 9.59 Å². The molecule has 1 aliphatic carbocycles. The summed E-state index contributed by atoms with van der Waals surface area (Å²) in [7, 11) is 0.